The molecule has 0 aromatic heterocycles. The van der Waals surface area contributed by atoms with Crippen LogP contribution >= 0.6 is 0 Å². The second-order valence-electron chi connectivity index (χ2n) is 8.42. The van der Waals surface area contributed by atoms with Gasteiger partial charge < -0.3 is 20.5 Å². The molecule has 0 aliphatic heterocycles. The van der Waals surface area contributed by atoms with Gasteiger partial charge in [0.05, 0.1) is 0 Å². The molecule has 2 unspecified atom stereocenters. The topological polar surface area (TPSA) is 105 Å². The molecule has 7 nitrogen and oxygen atoms in total. The number of carbonyl (C=O) groups excluding carboxylic acids is 2. The molecule has 0 radical (unpaired) electrons. The van der Waals surface area contributed by atoms with Crippen LogP contribution in [0.3, 0.4) is 0 Å². The first-order valence-corrected chi connectivity index (χ1v) is 11.3. The van der Waals surface area contributed by atoms with Gasteiger partial charge in [-0.2, -0.15) is 13.2 Å². The number of alkyl halides is 3. The van der Waals surface area contributed by atoms with Crippen molar-refractivity contribution in [2.45, 2.75) is 31.9 Å². The lowest BCUT2D eigenvalue weighted by molar-refractivity contribution is -0.181. The second-order valence-corrected chi connectivity index (χ2v) is 8.42. The van der Waals surface area contributed by atoms with Crippen LogP contribution in [0.2, 0.25) is 0 Å². The average Bonchev–Trinajstić information content (AvgIpc) is 3.13. The van der Waals surface area contributed by atoms with Crippen molar-refractivity contribution in [3.8, 4) is 11.1 Å². The van der Waals surface area contributed by atoms with Crippen molar-refractivity contribution in [1.29, 1.82) is 0 Å². The molecular formula is C25H27F3N2O5. The molecule has 0 spiro atoms. The molecule has 2 atom stereocenters. The lowest BCUT2D eigenvalue weighted by Gasteiger charge is -2.22. The summed E-state index contributed by atoms with van der Waals surface area (Å²) in [6, 6.07) is 15.3. The van der Waals surface area contributed by atoms with Gasteiger partial charge >= 0.3 is 18.2 Å². The van der Waals surface area contributed by atoms with E-state index in [1.54, 1.807) is 6.92 Å². The molecular weight excluding hydrogens is 465 g/mol. The number of fused-ring (bicyclic) bond motifs is 3. The van der Waals surface area contributed by atoms with Crippen LogP contribution in [-0.2, 0) is 14.3 Å². The summed E-state index contributed by atoms with van der Waals surface area (Å²) in [6.07, 6.45) is -5.87. The van der Waals surface area contributed by atoms with E-state index in [4.69, 9.17) is 9.84 Å². The quantitative estimate of drug-likeness (QED) is 0.458. The first-order valence-electron chi connectivity index (χ1n) is 11.3. The number of halogens is 3. The number of ether oxygens (including phenoxy) is 1. The van der Waals surface area contributed by atoms with Gasteiger partial charge in [0.15, 0.2) is 5.92 Å². The monoisotopic (exact) mass is 492 g/mol. The van der Waals surface area contributed by atoms with E-state index in [0.717, 1.165) is 22.3 Å². The third-order valence-electron chi connectivity index (χ3n) is 6.11. The summed E-state index contributed by atoms with van der Waals surface area (Å²) < 4.78 is 45.6. The number of carboxylic acid groups (broad SMARTS) is 1. The Morgan fingerprint density at radius 2 is 1.54 bits per heavy atom. The third-order valence-corrected chi connectivity index (χ3v) is 6.11. The molecule has 2 aromatic rings. The van der Waals surface area contributed by atoms with Crippen LogP contribution in [0.15, 0.2) is 48.5 Å². The summed E-state index contributed by atoms with van der Waals surface area (Å²) in [7, 11) is 0. The molecule has 3 N–H and O–H groups in total. The fourth-order valence-electron chi connectivity index (χ4n) is 4.17. The van der Waals surface area contributed by atoms with Crippen molar-refractivity contribution in [2.75, 3.05) is 19.7 Å². The highest BCUT2D eigenvalue weighted by molar-refractivity contribution is 5.81. The number of aliphatic carboxylic acids is 1. The highest BCUT2D eigenvalue weighted by atomic mass is 19.4. The average molecular weight is 492 g/mol. The number of hydrogen-bond donors (Lipinski definition) is 3. The highest BCUT2D eigenvalue weighted by Crippen LogP contribution is 2.44. The Balaban J connectivity index is 1.57. The van der Waals surface area contributed by atoms with Crippen LogP contribution in [0.1, 0.15) is 36.8 Å². The fourth-order valence-corrected chi connectivity index (χ4v) is 4.17. The van der Waals surface area contributed by atoms with Crippen molar-refractivity contribution < 1.29 is 37.4 Å². The zero-order valence-corrected chi connectivity index (χ0v) is 19.1. The molecule has 0 heterocycles. The Morgan fingerprint density at radius 3 is 2.06 bits per heavy atom. The first-order chi connectivity index (χ1) is 16.6. The molecule has 0 fully saturated rings. The third kappa shape index (κ3) is 6.52. The fraction of sp³-hybridized carbons (Fsp3) is 0.400. The van der Waals surface area contributed by atoms with Gasteiger partial charge in [-0.15, -0.1) is 0 Å². The normalized spacial score (nSPS) is 14.4. The maximum atomic E-state index is 13.5. The minimum absolute atomic E-state index is 0.0733. The predicted octanol–water partition coefficient (Wildman–Crippen LogP) is 4.32. The Morgan fingerprint density at radius 1 is 0.971 bits per heavy atom. The molecule has 0 bridgehead atoms. The minimum Gasteiger partial charge on any atom is -0.481 e. The maximum absolute atomic E-state index is 13.5. The molecule has 0 saturated heterocycles. The summed E-state index contributed by atoms with van der Waals surface area (Å²) >= 11 is 0. The van der Waals surface area contributed by atoms with Gasteiger partial charge in [0.25, 0.3) is 0 Å². The molecule has 1 aliphatic carbocycles. The SMILES string of the molecule is CCC(CNC(=O)C(CNC(=O)OCC1c2ccccc2-c2ccccc21)C(F)(F)F)CC(=O)O. The molecule has 0 saturated carbocycles. The van der Waals surface area contributed by atoms with E-state index in [0.29, 0.717) is 6.42 Å². The van der Waals surface area contributed by atoms with Crippen LogP contribution in [0.4, 0.5) is 18.0 Å². The maximum Gasteiger partial charge on any atom is 0.407 e. The number of benzene rings is 2. The molecule has 10 heteroatoms. The number of amides is 2. The van der Waals surface area contributed by atoms with Gasteiger partial charge in [0.2, 0.25) is 5.91 Å². The number of alkyl carbamates (subject to hydrolysis) is 1. The smallest absolute Gasteiger partial charge is 0.407 e. The van der Waals surface area contributed by atoms with E-state index >= 15 is 0 Å². The van der Waals surface area contributed by atoms with Crippen molar-refractivity contribution >= 4 is 18.0 Å². The minimum atomic E-state index is -4.91. The summed E-state index contributed by atoms with van der Waals surface area (Å²) in [6.45, 7) is 0.400. The second kappa shape index (κ2) is 11.2. The lowest BCUT2D eigenvalue weighted by atomic mass is 9.98. The largest absolute Gasteiger partial charge is 0.481 e. The Bertz CT molecular complexity index is 1030. The Kier molecular flexibility index (Phi) is 8.37. The number of carboxylic acids is 1. The van der Waals surface area contributed by atoms with Gasteiger partial charge in [-0.25, -0.2) is 4.79 Å². The van der Waals surface area contributed by atoms with Gasteiger partial charge in [0.1, 0.15) is 6.61 Å². The Labute approximate surface area is 200 Å². The number of carbonyl (C=O) groups is 3. The number of rotatable bonds is 10. The van der Waals surface area contributed by atoms with Crippen molar-refractivity contribution in [3.63, 3.8) is 0 Å². The van der Waals surface area contributed by atoms with Gasteiger partial charge in [0, 0.05) is 25.4 Å². The summed E-state index contributed by atoms with van der Waals surface area (Å²) in [5.41, 5.74) is 3.94. The van der Waals surface area contributed by atoms with Crippen molar-refractivity contribution in [3.05, 3.63) is 59.7 Å². The van der Waals surface area contributed by atoms with Crippen molar-refractivity contribution in [2.24, 2.45) is 11.8 Å². The molecule has 35 heavy (non-hydrogen) atoms. The van der Waals surface area contributed by atoms with Crippen LogP contribution in [0.5, 0.6) is 0 Å². The van der Waals surface area contributed by atoms with E-state index in [9.17, 15) is 27.6 Å². The molecule has 188 valence electrons. The van der Waals surface area contributed by atoms with Crippen molar-refractivity contribution in [1.82, 2.24) is 10.6 Å². The van der Waals surface area contributed by atoms with Crippen LogP contribution < -0.4 is 10.6 Å². The predicted molar refractivity (Wildman–Crippen MR) is 122 cm³/mol. The lowest BCUT2D eigenvalue weighted by Crippen LogP contribution is -2.47. The van der Waals surface area contributed by atoms with Crippen LogP contribution in [0, 0.1) is 11.8 Å². The summed E-state index contributed by atoms with van der Waals surface area (Å²) in [5.74, 6) is -5.68. The van der Waals surface area contributed by atoms with E-state index < -0.39 is 42.5 Å². The summed E-state index contributed by atoms with van der Waals surface area (Å²) in [4.78, 5) is 35.2. The molecule has 2 aromatic carbocycles. The Hall–Kier alpha value is -3.56. The standard InChI is InChI=1S/C25H27F3N2O5/c1-2-15(11-22(31)32)12-29-23(33)21(25(26,27)28)13-30-24(34)35-14-20-18-9-5-3-7-16(18)17-8-4-6-10-19(17)20/h3-10,15,20-21H,2,11-14H2,1H3,(H,29,33)(H,30,34)(H,31,32). The van der Waals surface area contributed by atoms with Gasteiger partial charge in [-0.3, -0.25) is 9.59 Å². The van der Waals surface area contributed by atoms with E-state index in [2.05, 4.69) is 5.32 Å². The zero-order valence-electron chi connectivity index (χ0n) is 19.1. The zero-order chi connectivity index (χ0) is 25.6. The number of nitrogens with one attached hydrogen (secondary N) is 2. The summed E-state index contributed by atoms with van der Waals surface area (Å²) in [5, 5.41) is 13.0. The van der Waals surface area contributed by atoms with Gasteiger partial charge in [-0.05, 0) is 28.2 Å². The molecule has 2 amide bonds. The van der Waals surface area contributed by atoms with E-state index in [1.807, 2.05) is 53.8 Å². The molecule has 1 aliphatic rings. The van der Waals surface area contributed by atoms with Crippen LogP contribution in [0.25, 0.3) is 11.1 Å². The molecule has 3 rings (SSSR count). The van der Waals surface area contributed by atoms with E-state index in [-0.39, 0.29) is 25.5 Å². The number of hydrogen-bond acceptors (Lipinski definition) is 4. The van der Waals surface area contributed by atoms with Gasteiger partial charge in [-0.1, -0.05) is 61.9 Å². The highest BCUT2D eigenvalue weighted by Gasteiger charge is 2.45. The van der Waals surface area contributed by atoms with E-state index in [1.165, 1.54) is 0 Å². The first kappa shape index (κ1) is 26.1. The van der Waals surface area contributed by atoms with Crippen LogP contribution in [-0.4, -0.2) is 48.9 Å².